The zero-order valence-corrected chi connectivity index (χ0v) is 17.2. The van der Waals surface area contributed by atoms with Crippen molar-refractivity contribution in [3.05, 3.63) is 35.9 Å². The predicted molar refractivity (Wildman–Crippen MR) is 102 cm³/mol. The Kier molecular flexibility index (Phi) is 4.25. The van der Waals surface area contributed by atoms with E-state index in [1.165, 1.54) is 0 Å². The summed E-state index contributed by atoms with van der Waals surface area (Å²) in [6.45, 7) is 7.98. The Balaban J connectivity index is 1.44. The fourth-order valence-corrected chi connectivity index (χ4v) is 4.88. The lowest BCUT2D eigenvalue weighted by atomic mass is 9.83. The van der Waals surface area contributed by atoms with E-state index in [1.807, 2.05) is 58.0 Å². The van der Waals surface area contributed by atoms with Gasteiger partial charge in [-0.3, -0.25) is 4.84 Å². The van der Waals surface area contributed by atoms with Gasteiger partial charge in [0.05, 0.1) is 0 Å². The van der Waals surface area contributed by atoms with Crippen molar-refractivity contribution in [2.24, 2.45) is 0 Å². The number of hydroxylamine groups is 2. The molecule has 3 saturated heterocycles. The van der Waals surface area contributed by atoms with Crippen LogP contribution in [0.2, 0.25) is 0 Å². The van der Waals surface area contributed by atoms with E-state index < -0.39 is 11.6 Å². The van der Waals surface area contributed by atoms with Gasteiger partial charge in [-0.2, -0.15) is 0 Å². The molecule has 0 N–H and O–H groups in total. The van der Waals surface area contributed by atoms with Gasteiger partial charge in [0.15, 0.2) is 17.7 Å². The van der Waals surface area contributed by atoms with Crippen molar-refractivity contribution in [1.82, 2.24) is 5.06 Å². The average Bonchev–Trinajstić information content (AvgIpc) is 3.23. The van der Waals surface area contributed by atoms with Gasteiger partial charge in [-0.25, -0.2) is 5.06 Å². The van der Waals surface area contributed by atoms with E-state index in [1.54, 1.807) is 5.06 Å². The Morgan fingerprint density at radius 3 is 2.04 bits per heavy atom. The zero-order valence-electron chi connectivity index (χ0n) is 16.4. The van der Waals surface area contributed by atoms with Gasteiger partial charge in [-0.1, -0.05) is 30.3 Å². The Hall–Kier alpha value is -1.29. The maximum atomic E-state index is 6.25. The van der Waals surface area contributed by atoms with Crippen molar-refractivity contribution >= 4 is 17.4 Å². The molecule has 5 rings (SSSR count). The molecule has 152 valence electrons. The van der Waals surface area contributed by atoms with Crippen molar-refractivity contribution in [2.75, 3.05) is 0 Å². The molecule has 0 spiro atoms. The van der Waals surface area contributed by atoms with Gasteiger partial charge in [-0.15, -0.1) is 0 Å². The second kappa shape index (κ2) is 6.35. The molecule has 6 atom stereocenters. The Morgan fingerprint density at radius 2 is 1.39 bits per heavy atom. The third-order valence-corrected chi connectivity index (χ3v) is 5.82. The normalized spacial score (nSPS) is 40.0. The fourth-order valence-electron chi connectivity index (χ4n) is 4.59. The number of ether oxygens (including phenoxy) is 5. The summed E-state index contributed by atoms with van der Waals surface area (Å²) in [5.41, 5.74) is 1.05. The van der Waals surface area contributed by atoms with Gasteiger partial charge in [0, 0.05) is 0 Å². The molecule has 28 heavy (non-hydrogen) atoms. The number of nitrogens with zero attached hydrogens (tertiary/aromatic N) is 1. The summed E-state index contributed by atoms with van der Waals surface area (Å²) >= 11 is 5.49. The van der Waals surface area contributed by atoms with E-state index in [0.717, 1.165) is 5.56 Å². The summed E-state index contributed by atoms with van der Waals surface area (Å²) in [7, 11) is 0. The maximum Gasteiger partial charge on any atom is 0.284 e. The molecule has 0 unspecified atom stereocenters. The van der Waals surface area contributed by atoms with Gasteiger partial charge in [0.2, 0.25) is 0 Å². The molecule has 1 aromatic carbocycles. The van der Waals surface area contributed by atoms with Crippen LogP contribution in [0.5, 0.6) is 0 Å². The first kappa shape index (κ1) is 18.7. The molecule has 7 nitrogen and oxygen atoms in total. The largest absolute Gasteiger partial charge is 0.461 e. The molecule has 0 radical (unpaired) electrons. The summed E-state index contributed by atoms with van der Waals surface area (Å²) in [5.74, 6) is -1.46. The lowest BCUT2D eigenvalue weighted by molar-refractivity contribution is -0.192. The average molecular weight is 407 g/mol. The van der Waals surface area contributed by atoms with Crippen LogP contribution in [0.15, 0.2) is 30.3 Å². The number of thiocarbonyl (C=S) groups is 1. The quantitative estimate of drug-likeness (QED) is 0.709. The van der Waals surface area contributed by atoms with E-state index in [2.05, 4.69) is 0 Å². The first-order valence-corrected chi connectivity index (χ1v) is 10.0. The molecule has 1 aliphatic carbocycles. The monoisotopic (exact) mass is 407 g/mol. The predicted octanol–water partition coefficient (Wildman–Crippen LogP) is 2.53. The molecule has 0 bridgehead atoms. The van der Waals surface area contributed by atoms with Crippen molar-refractivity contribution in [2.45, 2.75) is 82.4 Å². The van der Waals surface area contributed by atoms with Crippen molar-refractivity contribution in [3.8, 4) is 0 Å². The van der Waals surface area contributed by atoms with Gasteiger partial charge in [0.1, 0.15) is 37.1 Å². The maximum absolute atomic E-state index is 6.25. The topological polar surface area (TPSA) is 58.6 Å². The molecule has 3 heterocycles. The van der Waals surface area contributed by atoms with Crippen LogP contribution in [0.3, 0.4) is 0 Å². The minimum absolute atomic E-state index is 0.276. The van der Waals surface area contributed by atoms with Crippen LogP contribution in [-0.4, -0.2) is 58.4 Å². The minimum Gasteiger partial charge on any atom is -0.461 e. The van der Waals surface area contributed by atoms with Crippen LogP contribution in [0, 0.1) is 0 Å². The molecule has 4 aliphatic rings. The van der Waals surface area contributed by atoms with Crippen molar-refractivity contribution in [3.63, 3.8) is 0 Å². The van der Waals surface area contributed by atoms with E-state index in [-0.39, 0.29) is 41.7 Å². The molecule has 1 saturated carbocycles. The van der Waals surface area contributed by atoms with Gasteiger partial charge in [0.25, 0.3) is 5.17 Å². The summed E-state index contributed by atoms with van der Waals surface area (Å²) in [6.07, 6.45) is -1.57. The Labute approximate surface area is 169 Å². The highest BCUT2D eigenvalue weighted by molar-refractivity contribution is 7.80. The van der Waals surface area contributed by atoms with Gasteiger partial charge in [-0.05, 0) is 45.5 Å². The smallest absolute Gasteiger partial charge is 0.284 e. The minimum atomic E-state index is -0.736. The fraction of sp³-hybridized carbons (Fsp3) is 0.650. The lowest BCUT2D eigenvalue weighted by Crippen LogP contribution is -2.63. The lowest BCUT2D eigenvalue weighted by Gasteiger charge is -2.39. The molecule has 0 amide bonds. The number of hydrogen-bond acceptors (Lipinski definition) is 7. The molecule has 1 aromatic rings. The van der Waals surface area contributed by atoms with Crippen molar-refractivity contribution < 1.29 is 28.5 Å². The number of fused-ring (bicyclic) bond motifs is 6. The summed E-state index contributed by atoms with van der Waals surface area (Å²) < 4.78 is 30.8. The van der Waals surface area contributed by atoms with E-state index in [4.69, 9.17) is 40.7 Å². The second-order valence-corrected chi connectivity index (χ2v) is 8.90. The summed E-state index contributed by atoms with van der Waals surface area (Å²) in [6, 6.07) is 9.66. The van der Waals surface area contributed by atoms with Gasteiger partial charge < -0.3 is 23.7 Å². The first-order chi connectivity index (χ1) is 13.2. The summed E-state index contributed by atoms with van der Waals surface area (Å²) in [4.78, 5) is 6.08. The highest BCUT2D eigenvalue weighted by Gasteiger charge is 2.68. The van der Waals surface area contributed by atoms with Crippen LogP contribution in [0.25, 0.3) is 0 Å². The third kappa shape index (κ3) is 3.03. The van der Waals surface area contributed by atoms with Crippen LogP contribution < -0.4 is 0 Å². The Bertz CT molecular complexity index is 771. The summed E-state index contributed by atoms with van der Waals surface area (Å²) in [5, 5.41) is 1.94. The SMILES string of the molecule is CC1(C)O[C@@H]2[C@H](O1)[C@H]1OC(=S)N(OCc3ccccc3)[C@@H]1[C@@H]1OC(C)(C)O[C@@H]21. The second-order valence-electron chi connectivity index (χ2n) is 8.55. The number of hydrogen-bond donors (Lipinski definition) is 0. The highest BCUT2D eigenvalue weighted by atomic mass is 32.1. The van der Waals surface area contributed by atoms with E-state index >= 15 is 0 Å². The van der Waals surface area contributed by atoms with Crippen LogP contribution >= 0.6 is 12.2 Å². The van der Waals surface area contributed by atoms with E-state index in [9.17, 15) is 0 Å². The molecular weight excluding hydrogens is 382 g/mol. The Morgan fingerprint density at radius 1 is 0.857 bits per heavy atom. The standard InChI is InChI=1S/C20H25NO6S/c1-19(2)24-14-12-13(15-17(16(14)26-19)27-20(3,4)25-15)23-18(28)21(12)22-10-11-8-6-5-7-9-11/h5-9,12-17H,10H2,1-4H3/t12-,13-,14-,15+,16+,17+/m0/s1. The third-order valence-electron chi connectivity index (χ3n) is 5.55. The molecule has 3 aliphatic heterocycles. The number of rotatable bonds is 3. The van der Waals surface area contributed by atoms with E-state index in [0.29, 0.717) is 6.61 Å². The van der Waals surface area contributed by atoms with Crippen molar-refractivity contribution in [1.29, 1.82) is 0 Å². The first-order valence-electron chi connectivity index (χ1n) is 9.62. The molecule has 4 fully saturated rings. The molecule has 8 heteroatoms. The van der Waals surface area contributed by atoms with Gasteiger partial charge >= 0.3 is 0 Å². The highest BCUT2D eigenvalue weighted by Crippen LogP contribution is 2.48. The molecule has 0 aromatic heterocycles. The van der Waals surface area contributed by atoms with Crippen LogP contribution in [0.4, 0.5) is 0 Å². The van der Waals surface area contributed by atoms with Crippen LogP contribution in [-0.2, 0) is 35.1 Å². The number of benzene rings is 1. The zero-order chi connectivity index (χ0) is 19.7. The van der Waals surface area contributed by atoms with Crippen LogP contribution in [0.1, 0.15) is 33.3 Å². The molecular formula is C20H25NO6S.